The summed E-state index contributed by atoms with van der Waals surface area (Å²) in [5.41, 5.74) is 0.711. The average Bonchev–Trinajstić information content (AvgIpc) is 1.84. The Morgan fingerprint density at radius 3 is 2.36 bits per heavy atom. The average molecular weight is 195 g/mol. The minimum Gasteiger partial charge on any atom is -0.208 e. The highest BCUT2D eigenvalue weighted by Gasteiger charge is 1.99. The zero-order chi connectivity index (χ0) is 8.91. The van der Waals surface area contributed by atoms with Gasteiger partial charge in [-0.1, -0.05) is 19.1 Å². The molecule has 0 N–H and O–H groups in total. The summed E-state index contributed by atoms with van der Waals surface area (Å²) in [6.07, 6.45) is 4.16. The normalized spacial score (nSPS) is 14.3. The molecule has 0 atom stereocenters. The largest absolute Gasteiger partial charge is 0.254 e. The van der Waals surface area contributed by atoms with Crippen LogP contribution >= 0.6 is 10.7 Å². The van der Waals surface area contributed by atoms with Gasteiger partial charge in [-0.15, -0.1) is 0 Å². The molecule has 11 heavy (non-hydrogen) atoms. The van der Waals surface area contributed by atoms with Gasteiger partial charge in [-0.3, -0.25) is 0 Å². The predicted octanol–water partition coefficient (Wildman–Crippen LogP) is 2.43. The van der Waals surface area contributed by atoms with Crippen LogP contribution in [0.1, 0.15) is 20.3 Å². The molecule has 0 aromatic rings. The second-order valence-electron chi connectivity index (χ2n) is 2.02. The van der Waals surface area contributed by atoms with Crippen LogP contribution in [0, 0.1) is 0 Å². The van der Waals surface area contributed by atoms with E-state index in [2.05, 4.69) is 0 Å². The van der Waals surface area contributed by atoms with Crippen LogP contribution in [0.4, 0.5) is 0 Å². The van der Waals surface area contributed by atoms with E-state index < -0.39 is 9.05 Å². The maximum absolute atomic E-state index is 10.5. The number of rotatable bonds is 3. The summed E-state index contributed by atoms with van der Waals surface area (Å²) in [6.45, 7) is 3.69. The van der Waals surface area contributed by atoms with Gasteiger partial charge in [0.1, 0.15) is 0 Å². The fraction of sp³-hybridized carbons (Fsp3) is 0.429. The van der Waals surface area contributed by atoms with Crippen LogP contribution in [-0.4, -0.2) is 8.42 Å². The molecule has 0 aromatic carbocycles. The summed E-state index contributed by atoms with van der Waals surface area (Å²) < 4.78 is 21.1. The van der Waals surface area contributed by atoms with Crippen molar-refractivity contribution < 1.29 is 8.42 Å². The molecule has 0 rings (SSSR count). The molecule has 0 saturated carbocycles. The van der Waals surface area contributed by atoms with Gasteiger partial charge in [0.2, 0.25) is 0 Å². The van der Waals surface area contributed by atoms with Gasteiger partial charge in [0.25, 0.3) is 9.05 Å². The van der Waals surface area contributed by atoms with Crippen LogP contribution in [0.2, 0.25) is 0 Å². The van der Waals surface area contributed by atoms with Crippen molar-refractivity contribution in [2.45, 2.75) is 20.3 Å². The minimum absolute atomic E-state index is 0.663. The molecule has 0 saturated heterocycles. The van der Waals surface area contributed by atoms with Gasteiger partial charge >= 0.3 is 0 Å². The van der Waals surface area contributed by atoms with Crippen LogP contribution in [0.15, 0.2) is 23.1 Å². The Labute approximate surface area is 72.0 Å². The van der Waals surface area contributed by atoms with Crippen molar-refractivity contribution in [3.05, 3.63) is 23.1 Å². The lowest BCUT2D eigenvalue weighted by molar-refractivity contribution is 0.617. The molecule has 0 amide bonds. The summed E-state index contributed by atoms with van der Waals surface area (Å²) in [4.78, 5) is 0. The van der Waals surface area contributed by atoms with Gasteiger partial charge in [-0.25, -0.2) is 8.42 Å². The lowest BCUT2D eigenvalue weighted by Crippen LogP contribution is -1.84. The molecule has 0 unspecified atom stereocenters. The first-order valence-electron chi connectivity index (χ1n) is 3.27. The Morgan fingerprint density at radius 1 is 1.55 bits per heavy atom. The molecule has 4 heteroatoms. The summed E-state index contributed by atoms with van der Waals surface area (Å²) in [5, 5.41) is 1.06. The zero-order valence-electron chi connectivity index (χ0n) is 6.54. The van der Waals surface area contributed by atoms with E-state index in [1.54, 1.807) is 12.2 Å². The van der Waals surface area contributed by atoms with Crippen molar-refractivity contribution in [2.24, 2.45) is 0 Å². The predicted molar refractivity (Wildman–Crippen MR) is 48.0 cm³/mol. The molecule has 0 aliphatic carbocycles. The fourth-order valence-corrected chi connectivity index (χ4v) is 1.59. The summed E-state index contributed by atoms with van der Waals surface area (Å²) in [7, 11) is 1.51. The second kappa shape index (κ2) is 4.57. The molecular formula is C7H11ClO2S. The monoisotopic (exact) mass is 194 g/mol. The van der Waals surface area contributed by atoms with Gasteiger partial charge in [-0.05, 0) is 18.9 Å². The van der Waals surface area contributed by atoms with Gasteiger partial charge in [-0.2, -0.15) is 0 Å². The summed E-state index contributed by atoms with van der Waals surface area (Å²) in [5.74, 6) is 0. The molecule has 0 spiro atoms. The van der Waals surface area contributed by atoms with E-state index in [1.807, 2.05) is 13.8 Å². The smallest absolute Gasteiger partial charge is 0.208 e. The third-order valence-electron chi connectivity index (χ3n) is 1.08. The van der Waals surface area contributed by atoms with Crippen molar-refractivity contribution in [3.8, 4) is 0 Å². The third kappa shape index (κ3) is 6.13. The quantitative estimate of drug-likeness (QED) is 0.511. The Morgan fingerprint density at radius 2 is 2.09 bits per heavy atom. The Bertz CT molecular complexity index is 262. The number of allylic oxidation sites excluding steroid dienone is 3. The van der Waals surface area contributed by atoms with Gasteiger partial charge in [0, 0.05) is 16.1 Å². The zero-order valence-corrected chi connectivity index (χ0v) is 8.11. The molecule has 0 bridgehead atoms. The first-order chi connectivity index (χ1) is 4.99. The van der Waals surface area contributed by atoms with Crippen LogP contribution in [0.25, 0.3) is 0 Å². The molecule has 0 aromatic heterocycles. The van der Waals surface area contributed by atoms with E-state index in [0.29, 0.717) is 12.0 Å². The Hall–Kier alpha value is -0.280. The van der Waals surface area contributed by atoms with Crippen molar-refractivity contribution in [3.63, 3.8) is 0 Å². The lowest BCUT2D eigenvalue weighted by atomic mass is 10.2. The molecule has 64 valence electrons. The molecule has 2 nitrogen and oxygen atoms in total. The number of hydrogen-bond acceptors (Lipinski definition) is 2. The molecular weight excluding hydrogens is 184 g/mol. The molecule has 0 aliphatic heterocycles. The van der Waals surface area contributed by atoms with Gasteiger partial charge in [0.05, 0.1) is 0 Å². The SMILES string of the molecule is CC=C/C(=C\S(=O)(=O)Cl)CC. The molecule has 0 heterocycles. The minimum atomic E-state index is -3.50. The summed E-state index contributed by atoms with van der Waals surface area (Å²) >= 11 is 0. The lowest BCUT2D eigenvalue weighted by Gasteiger charge is -1.92. The number of hydrogen-bond donors (Lipinski definition) is 0. The van der Waals surface area contributed by atoms with Crippen LogP contribution in [0.5, 0.6) is 0 Å². The van der Waals surface area contributed by atoms with E-state index >= 15 is 0 Å². The van der Waals surface area contributed by atoms with Crippen molar-refractivity contribution in [2.75, 3.05) is 0 Å². The number of halogens is 1. The van der Waals surface area contributed by atoms with Crippen molar-refractivity contribution >= 4 is 19.7 Å². The molecule has 0 fully saturated rings. The highest BCUT2D eigenvalue weighted by Crippen LogP contribution is 2.08. The first-order valence-corrected chi connectivity index (χ1v) is 5.64. The maximum atomic E-state index is 10.5. The van der Waals surface area contributed by atoms with E-state index in [1.165, 1.54) is 0 Å². The first kappa shape index (κ1) is 10.7. The van der Waals surface area contributed by atoms with E-state index in [-0.39, 0.29) is 0 Å². The Balaban J connectivity index is 4.63. The van der Waals surface area contributed by atoms with E-state index in [9.17, 15) is 8.42 Å². The van der Waals surface area contributed by atoms with Crippen molar-refractivity contribution in [1.29, 1.82) is 0 Å². The van der Waals surface area contributed by atoms with Crippen LogP contribution in [-0.2, 0) is 9.05 Å². The standard InChI is InChI=1S/C7H11ClO2S/c1-3-5-7(4-2)6-11(8,9)10/h3,5-6H,4H2,1-2H3/b5-3?,7-6-. The van der Waals surface area contributed by atoms with Gasteiger partial charge < -0.3 is 0 Å². The second-order valence-corrected chi connectivity index (χ2v) is 4.50. The highest BCUT2D eigenvalue weighted by molar-refractivity contribution is 8.16. The molecule has 0 radical (unpaired) electrons. The van der Waals surface area contributed by atoms with Gasteiger partial charge in [0.15, 0.2) is 0 Å². The van der Waals surface area contributed by atoms with Crippen LogP contribution in [0.3, 0.4) is 0 Å². The van der Waals surface area contributed by atoms with Crippen molar-refractivity contribution in [1.82, 2.24) is 0 Å². The Kier molecular flexibility index (Phi) is 4.45. The summed E-state index contributed by atoms with van der Waals surface area (Å²) in [6, 6.07) is 0. The van der Waals surface area contributed by atoms with Crippen LogP contribution < -0.4 is 0 Å². The maximum Gasteiger partial charge on any atom is 0.254 e. The third-order valence-corrected chi connectivity index (χ3v) is 1.93. The fourth-order valence-electron chi connectivity index (χ4n) is 0.635. The molecule has 0 aliphatic rings. The highest BCUT2D eigenvalue weighted by atomic mass is 35.7. The van der Waals surface area contributed by atoms with E-state index in [0.717, 1.165) is 5.41 Å². The topological polar surface area (TPSA) is 34.1 Å². The van der Waals surface area contributed by atoms with E-state index in [4.69, 9.17) is 10.7 Å².